The van der Waals surface area contributed by atoms with Gasteiger partial charge >= 0.3 is 18.5 Å². The maximum absolute atomic E-state index is 13.8. The second kappa shape index (κ2) is 35.7. The van der Waals surface area contributed by atoms with Crippen LogP contribution in [0.1, 0.15) is 148 Å². The van der Waals surface area contributed by atoms with Crippen molar-refractivity contribution in [1.29, 1.82) is 0 Å². The van der Waals surface area contributed by atoms with Gasteiger partial charge in [0.2, 0.25) is 10.0 Å². The van der Waals surface area contributed by atoms with Crippen molar-refractivity contribution in [2.75, 3.05) is 90.4 Å². The summed E-state index contributed by atoms with van der Waals surface area (Å²) in [6.07, 6.45) is 2.88. The third-order valence-electron chi connectivity index (χ3n) is 26.3. The first-order valence-electron chi connectivity index (χ1n) is 43.6. The fraction of sp³-hybridized carbons (Fsp3) is 0.323. The number of anilines is 1. The van der Waals surface area contributed by atoms with E-state index in [1.807, 2.05) is 140 Å². The van der Waals surface area contributed by atoms with E-state index in [0.29, 0.717) is 117 Å². The zero-order valence-corrected chi connectivity index (χ0v) is 77.7. The standard InChI is InChI=1S/C26H26ClN3O6S.C25H23F3N2O4S.C24H22F3N3O4.C24H25N3O2/c1-28(37(3,33)34)20-14-17(13-18(15-20)25(32)35-2)24(31)29-11-8-26(9-12-29)23-5-4-10-30(23)21-7-6-19(27)16-22(21)36-26;1-16-15-17(7-8-20(16)35(2,32)33)23(31)29-13-11-24(12-14-29)21-9-10-22(25(26,27)28)30(21)18-5-3-4-6-19(18)34-24;1-29-21-16-5-3-4-6-19(16)34-23(18(21)14-28-29)9-11-30(12-10-23)22(31)17-8-7-15(13-20(17)32-2)33-24(25,26)27;1-16-12-17(2)14-18(13-16)23(28)27-10-8-24(9-11-27)20-15-25-26(3)22(20)19-6-4-5-7-21(19)29-24/h4-7,10,13-16H,8-9,11-12H2,1-3H3;3-10,15H,11-14H2,1-2H3;3-8,13-14H,9-12H2,1-2H3;4-7,12-15H,8-11H2,1-3H3. The Labute approximate surface area is 780 Å². The number of aryl methyl sites for hydroxylation is 5. The number of carbonyl (C=O) groups is 5. The number of para-hydroxylation sites is 4. The number of alkyl halides is 6. The molecule has 0 N–H and O–H groups in total. The Bertz CT molecular complexity index is 6920. The highest BCUT2D eigenvalue weighted by Crippen LogP contribution is 2.54. The monoisotopic (exact) mass is 1910 g/mol. The summed E-state index contributed by atoms with van der Waals surface area (Å²) in [6, 6.07) is 53.0. The SMILES string of the molecule is COC(=O)c1cc(C(=O)N2CCC3(CC2)Oc2cc(Cl)ccc2-n2cccc23)cc(N(C)S(C)(=O)=O)c1.COc1cc(OC(F)(F)F)ccc1C(=O)N1CCC2(CC1)Oc1ccccc1-c1c2cnn1C.Cc1cc(C(=O)N2CCC3(CC2)Oc2ccccc2-n2c(C(F)(F)F)ccc23)ccc1S(C)(=O)=O.Cc1cc(C)cc(C(=O)N2CCC3(CC2)Oc2ccccc2-c2c3cnn2C)c1. The van der Waals surface area contributed by atoms with Crippen LogP contribution in [0.4, 0.5) is 32.0 Å². The van der Waals surface area contributed by atoms with Gasteiger partial charge in [-0.25, -0.2) is 21.6 Å². The van der Waals surface area contributed by atoms with Crippen LogP contribution in [0.5, 0.6) is 34.5 Å². The van der Waals surface area contributed by atoms with E-state index >= 15 is 0 Å². The van der Waals surface area contributed by atoms with Crippen molar-refractivity contribution in [3.8, 4) is 68.4 Å². The number of piperidine rings is 4. The van der Waals surface area contributed by atoms with Gasteiger partial charge < -0.3 is 61.9 Å². The van der Waals surface area contributed by atoms with Gasteiger partial charge in [-0.15, -0.1) is 13.2 Å². The van der Waals surface area contributed by atoms with Crippen LogP contribution >= 0.6 is 11.6 Å². The van der Waals surface area contributed by atoms with Gasteiger partial charge in [0, 0.05) is 193 Å². The van der Waals surface area contributed by atoms with Crippen LogP contribution in [0.25, 0.3) is 33.9 Å². The molecule has 0 atom stereocenters. The molecule has 4 saturated heterocycles. The maximum atomic E-state index is 13.8. The Morgan fingerprint density at radius 2 is 0.970 bits per heavy atom. The molecule has 4 aromatic heterocycles. The van der Waals surface area contributed by atoms with Gasteiger partial charge in [0.1, 0.15) is 51.4 Å². The van der Waals surface area contributed by atoms with Crippen LogP contribution in [0.15, 0.2) is 212 Å². The van der Waals surface area contributed by atoms with Crippen molar-refractivity contribution in [1.82, 2.24) is 48.3 Å². The summed E-state index contributed by atoms with van der Waals surface area (Å²) in [5.41, 5.74) is 10.1. The van der Waals surface area contributed by atoms with E-state index in [1.54, 1.807) is 58.0 Å². The van der Waals surface area contributed by atoms with Crippen LogP contribution in [0.2, 0.25) is 5.02 Å². The summed E-state index contributed by atoms with van der Waals surface area (Å²) >= 11 is 6.23. The molecule has 4 amide bonds. The summed E-state index contributed by atoms with van der Waals surface area (Å²) in [5, 5.41) is 9.56. The van der Waals surface area contributed by atoms with E-state index < -0.39 is 72.2 Å². The Morgan fingerprint density at radius 1 is 0.481 bits per heavy atom. The van der Waals surface area contributed by atoms with Gasteiger partial charge in [0.15, 0.2) is 21.0 Å². The number of benzene rings is 8. The predicted molar refractivity (Wildman–Crippen MR) is 490 cm³/mol. The summed E-state index contributed by atoms with van der Waals surface area (Å²) < 4.78 is 175. The van der Waals surface area contributed by atoms with Crippen molar-refractivity contribution >= 4 is 66.7 Å². The molecule has 0 aliphatic carbocycles. The second-order valence-electron chi connectivity index (χ2n) is 34.9. The molecule has 8 aliphatic heterocycles. The number of aromatic nitrogens is 6. The number of ether oxygens (including phenoxy) is 7. The van der Waals surface area contributed by atoms with E-state index in [2.05, 4.69) is 31.6 Å². The minimum atomic E-state index is -4.83. The minimum Gasteiger partial charge on any atom is -0.496 e. The normalized spacial score (nSPS) is 16.5. The number of likely N-dealkylation sites (tertiary alicyclic amines) is 4. The Balaban J connectivity index is 0.000000125. The average Bonchev–Trinajstić information content (AvgIpc) is 1.64. The number of hydrogen-bond acceptors (Lipinski definition) is 18. The first-order valence-corrected chi connectivity index (χ1v) is 47.8. The second-order valence-corrected chi connectivity index (χ2v) is 39.4. The van der Waals surface area contributed by atoms with Crippen LogP contribution in [0.3, 0.4) is 0 Å². The number of hydrogen-bond donors (Lipinski definition) is 0. The third-order valence-corrected chi connectivity index (χ3v) is 29.0. The van der Waals surface area contributed by atoms with Gasteiger partial charge in [-0.2, -0.15) is 23.4 Å². The number of nitrogens with zero attached hydrogens (tertiary/aromatic N) is 11. The van der Waals surface area contributed by atoms with Crippen molar-refractivity contribution < 1.29 is 100 Å². The molecule has 20 rings (SSSR count). The fourth-order valence-electron chi connectivity index (χ4n) is 19.6. The Hall–Kier alpha value is -13.5. The molecule has 8 aromatic carbocycles. The Kier molecular flexibility index (Phi) is 24.7. The summed E-state index contributed by atoms with van der Waals surface area (Å²) in [5.74, 6) is 0.859. The number of esters is 1. The maximum Gasteiger partial charge on any atom is 0.573 e. The lowest BCUT2D eigenvalue weighted by atomic mass is 9.81. The molecule has 0 unspecified atom stereocenters. The molecule has 704 valence electrons. The molecule has 135 heavy (non-hydrogen) atoms. The van der Waals surface area contributed by atoms with Gasteiger partial charge in [0.25, 0.3) is 23.6 Å². The van der Waals surface area contributed by atoms with Crippen molar-refractivity contribution in [2.45, 2.75) is 112 Å². The van der Waals surface area contributed by atoms with Gasteiger partial charge in [-0.1, -0.05) is 65.2 Å². The number of halogens is 7. The van der Waals surface area contributed by atoms with Crippen LogP contribution in [-0.2, 0) is 67.3 Å². The molecule has 4 spiro atoms. The van der Waals surface area contributed by atoms with Gasteiger partial charge in [-0.05, 0) is 160 Å². The number of sulfonamides is 1. The van der Waals surface area contributed by atoms with E-state index in [9.17, 15) is 67.2 Å². The molecule has 0 radical (unpaired) electrons. The van der Waals surface area contributed by atoms with E-state index in [4.69, 9.17) is 40.0 Å². The number of sulfone groups is 1. The molecule has 8 aliphatic rings. The molecule has 12 heterocycles. The van der Waals surface area contributed by atoms with Crippen molar-refractivity contribution in [3.63, 3.8) is 0 Å². The molecule has 12 aromatic rings. The Morgan fingerprint density at radius 3 is 1.49 bits per heavy atom. The van der Waals surface area contributed by atoms with Crippen molar-refractivity contribution in [2.24, 2.45) is 14.1 Å². The largest absolute Gasteiger partial charge is 0.573 e. The topological polar surface area (TPSA) is 280 Å². The molecule has 27 nitrogen and oxygen atoms in total. The van der Waals surface area contributed by atoms with Gasteiger partial charge in [-0.3, -0.25) is 32.8 Å². The quantitative estimate of drug-likeness (QED) is 0.0908. The summed E-state index contributed by atoms with van der Waals surface area (Å²) in [6.45, 7) is 9.21. The number of methoxy groups -OCH3 is 2. The van der Waals surface area contributed by atoms with E-state index in [-0.39, 0.29) is 69.7 Å². The van der Waals surface area contributed by atoms with E-state index in [0.717, 1.165) is 121 Å². The lowest BCUT2D eigenvalue weighted by molar-refractivity contribution is -0.274. The fourth-order valence-corrected chi connectivity index (χ4v) is 21.2. The highest BCUT2D eigenvalue weighted by atomic mass is 35.5. The van der Waals surface area contributed by atoms with Crippen LogP contribution < -0.4 is 32.7 Å². The first-order chi connectivity index (χ1) is 64.1. The van der Waals surface area contributed by atoms with Crippen LogP contribution in [-0.4, -0.2) is 187 Å². The van der Waals surface area contributed by atoms with Crippen molar-refractivity contribution in [3.05, 3.63) is 284 Å². The molecular formula is C99H96ClF6N11O16S2. The molecule has 4 fully saturated rings. The van der Waals surface area contributed by atoms with Crippen LogP contribution in [0, 0.1) is 20.8 Å². The number of rotatable bonds is 10. The predicted octanol–water partition coefficient (Wildman–Crippen LogP) is 17.3. The van der Waals surface area contributed by atoms with E-state index in [1.165, 1.54) is 68.3 Å². The lowest BCUT2D eigenvalue weighted by Crippen LogP contribution is -2.50. The summed E-state index contributed by atoms with van der Waals surface area (Å²) in [7, 11) is 0.747. The molecule has 36 heteroatoms. The number of fused-ring (bicyclic) bond motifs is 16. The summed E-state index contributed by atoms with van der Waals surface area (Å²) in [4.78, 5) is 72.4. The zero-order valence-electron chi connectivity index (χ0n) is 75.4. The highest BCUT2D eigenvalue weighted by Gasteiger charge is 2.52. The smallest absolute Gasteiger partial charge is 0.496 e. The zero-order chi connectivity index (χ0) is 96.0. The minimum absolute atomic E-state index is 0.0180. The first kappa shape index (κ1) is 93.3. The number of carbonyl (C=O) groups excluding carboxylic acids is 5. The highest BCUT2D eigenvalue weighted by molar-refractivity contribution is 7.92. The third kappa shape index (κ3) is 18.0. The molecule has 0 bridgehead atoms. The lowest BCUT2D eigenvalue weighted by Gasteiger charge is -2.45. The van der Waals surface area contributed by atoms with Gasteiger partial charge in [0.05, 0.1) is 88.7 Å². The molecular weight excluding hydrogens is 1810 g/mol. The molecule has 0 saturated carbocycles. The average molecular weight is 1910 g/mol. The number of amides is 4.